The molecule has 2 rings (SSSR count). The average Bonchev–Trinajstić information content (AvgIpc) is 2.49. The van der Waals surface area contributed by atoms with Gasteiger partial charge < -0.3 is 10.1 Å². The molecule has 0 aromatic heterocycles. The predicted molar refractivity (Wildman–Crippen MR) is 80.5 cm³/mol. The fraction of sp³-hybridized carbons (Fsp3) is 0.647. The van der Waals surface area contributed by atoms with E-state index in [-0.39, 0.29) is 5.41 Å². The van der Waals surface area contributed by atoms with Crippen molar-refractivity contribution >= 4 is 0 Å². The first-order valence-corrected chi connectivity index (χ1v) is 7.61. The third kappa shape index (κ3) is 3.18. The molecular weight excluding hydrogens is 234 g/mol. The lowest BCUT2D eigenvalue weighted by Gasteiger charge is -2.44. The van der Waals surface area contributed by atoms with Crippen molar-refractivity contribution in [3.05, 3.63) is 35.9 Å². The van der Waals surface area contributed by atoms with Crippen LogP contribution >= 0.6 is 0 Å². The lowest BCUT2D eigenvalue weighted by atomic mass is 9.65. The minimum absolute atomic E-state index is 0.255. The van der Waals surface area contributed by atoms with Crippen LogP contribution in [-0.4, -0.2) is 26.3 Å². The molecule has 1 atom stereocenters. The van der Waals surface area contributed by atoms with E-state index in [1.807, 2.05) is 7.11 Å². The Bertz CT molecular complexity index is 351. The SMILES string of the molecule is CCNC(COC)C1(c2ccccc2)CCCCC1. The highest BCUT2D eigenvalue weighted by atomic mass is 16.5. The first-order valence-electron chi connectivity index (χ1n) is 7.61. The van der Waals surface area contributed by atoms with E-state index in [1.54, 1.807) is 0 Å². The van der Waals surface area contributed by atoms with E-state index in [9.17, 15) is 0 Å². The molecule has 1 aromatic carbocycles. The highest BCUT2D eigenvalue weighted by molar-refractivity contribution is 5.28. The topological polar surface area (TPSA) is 21.3 Å². The molecule has 2 nitrogen and oxygen atoms in total. The summed E-state index contributed by atoms with van der Waals surface area (Å²) in [5.74, 6) is 0. The van der Waals surface area contributed by atoms with Crippen LogP contribution in [-0.2, 0) is 10.2 Å². The summed E-state index contributed by atoms with van der Waals surface area (Å²) >= 11 is 0. The molecule has 0 spiro atoms. The molecular formula is C17H27NO. The first kappa shape index (κ1) is 14.5. The Balaban J connectivity index is 2.32. The third-order valence-corrected chi connectivity index (χ3v) is 4.55. The predicted octanol–water partition coefficient (Wildman–Crippen LogP) is 3.51. The Morgan fingerprint density at radius 1 is 1.16 bits per heavy atom. The molecule has 0 bridgehead atoms. The number of hydrogen-bond donors (Lipinski definition) is 1. The van der Waals surface area contributed by atoms with Gasteiger partial charge in [-0.05, 0) is 24.9 Å². The van der Waals surface area contributed by atoms with Crippen molar-refractivity contribution < 1.29 is 4.74 Å². The van der Waals surface area contributed by atoms with E-state index in [1.165, 1.54) is 37.7 Å². The van der Waals surface area contributed by atoms with Crippen molar-refractivity contribution in [1.82, 2.24) is 5.32 Å². The minimum atomic E-state index is 0.255. The van der Waals surface area contributed by atoms with Crippen LogP contribution in [0.4, 0.5) is 0 Å². The minimum Gasteiger partial charge on any atom is -0.383 e. The zero-order valence-corrected chi connectivity index (χ0v) is 12.3. The van der Waals surface area contributed by atoms with Crippen LogP contribution in [0.1, 0.15) is 44.6 Å². The fourth-order valence-corrected chi connectivity index (χ4v) is 3.62. The smallest absolute Gasteiger partial charge is 0.0624 e. The van der Waals surface area contributed by atoms with Crippen LogP contribution in [0.3, 0.4) is 0 Å². The van der Waals surface area contributed by atoms with Gasteiger partial charge in [0.2, 0.25) is 0 Å². The van der Waals surface area contributed by atoms with Gasteiger partial charge in [0.05, 0.1) is 6.61 Å². The van der Waals surface area contributed by atoms with Crippen LogP contribution in [0.25, 0.3) is 0 Å². The van der Waals surface area contributed by atoms with Crippen LogP contribution < -0.4 is 5.32 Å². The molecule has 1 aliphatic rings. The van der Waals surface area contributed by atoms with Gasteiger partial charge in [-0.3, -0.25) is 0 Å². The quantitative estimate of drug-likeness (QED) is 0.846. The summed E-state index contributed by atoms with van der Waals surface area (Å²) in [5.41, 5.74) is 1.74. The monoisotopic (exact) mass is 261 g/mol. The van der Waals surface area contributed by atoms with Crippen LogP contribution in [0, 0.1) is 0 Å². The van der Waals surface area contributed by atoms with Crippen molar-refractivity contribution in [3.63, 3.8) is 0 Å². The van der Waals surface area contributed by atoms with E-state index in [0.717, 1.165) is 13.2 Å². The van der Waals surface area contributed by atoms with Gasteiger partial charge in [0.25, 0.3) is 0 Å². The summed E-state index contributed by atoms with van der Waals surface area (Å²) < 4.78 is 5.49. The summed E-state index contributed by atoms with van der Waals surface area (Å²) in [7, 11) is 1.81. The number of methoxy groups -OCH3 is 1. The maximum absolute atomic E-state index is 5.49. The molecule has 1 unspecified atom stereocenters. The second-order valence-electron chi connectivity index (χ2n) is 5.65. The average molecular weight is 261 g/mol. The molecule has 106 valence electrons. The van der Waals surface area contributed by atoms with Gasteiger partial charge >= 0.3 is 0 Å². The lowest BCUT2D eigenvalue weighted by Crippen LogP contribution is -2.52. The molecule has 1 N–H and O–H groups in total. The van der Waals surface area contributed by atoms with Gasteiger partial charge in [0.1, 0.15) is 0 Å². The second kappa shape index (κ2) is 7.06. The zero-order chi connectivity index (χ0) is 13.6. The molecule has 0 radical (unpaired) electrons. The largest absolute Gasteiger partial charge is 0.383 e. The first-order chi connectivity index (χ1) is 9.33. The summed E-state index contributed by atoms with van der Waals surface area (Å²) in [4.78, 5) is 0. The zero-order valence-electron chi connectivity index (χ0n) is 12.3. The molecule has 19 heavy (non-hydrogen) atoms. The van der Waals surface area contributed by atoms with Crippen molar-refractivity contribution in [2.45, 2.75) is 50.5 Å². The van der Waals surface area contributed by atoms with Gasteiger partial charge in [-0.25, -0.2) is 0 Å². The Morgan fingerprint density at radius 2 is 1.84 bits per heavy atom. The van der Waals surface area contributed by atoms with E-state index < -0.39 is 0 Å². The molecule has 0 saturated heterocycles. The van der Waals surface area contributed by atoms with Crippen molar-refractivity contribution in [3.8, 4) is 0 Å². The molecule has 0 aliphatic heterocycles. The molecule has 2 heteroatoms. The van der Waals surface area contributed by atoms with Crippen LogP contribution in [0.15, 0.2) is 30.3 Å². The number of likely N-dealkylation sites (N-methyl/N-ethyl adjacent to an activating group) is 1. The standard InChI is InChI=1S/C17H27NO/c1-3-18-16(14-19-2)17(12-8-5-9-13-17)15-10-6-4-7-11-15/h4,6-7,10-11,16,18H,3,5,8-9,12-14H2,1-2H3. The summed E-state index contributed by atoms with van der Waals surface area (Å²) in [6.45, 7) is 3.98. The lowest BCUT2D eigenvalue weighted by molar-refractivity contribution is 0.105. The van der Waals surface area contributed by atoms with Crippen molar-refractivity contribution in [2.24, 2.45) is 0 Å². The molecule has 0 heterocycles. The fourth-order valence-electron chi connectivity index (χ4n) is 3.62. The second-order valence-corrected chi connectivity index (χ2v) is 5.65. The molecule has 1 aromatic rings. The Kier molecular flexibility index (Phi) is 5.41. The molecule has 1 saturated carbocycles. The van der Waals surface area contributed by atoms with Gasteiger partial charge in [-0.15, -0.1) is 0 Å². The number of nitrogens with one attached hydrogen (secondary N) is 1. The van der Waals surface area contributed by atoms with Crippen molar-refractivity contribution in [1.29, 1.82) is 0 Å². The van der Waals surface area contributed by atoms with E-state index in [4.69, 9.17) is 4.74 Å². The van der Waals surface area contributed by atoms with E-state index in [0.29, 0.717) is 6.04 Å². The number of rotatable bonds is 6. The van der Waals surface area contributed by atoms with E-state index in [2.05, 4.69) is 42.6 Å². The normalized spacial score (nSPS) is 20.1. The maximum atomic E-state index is 5.49. The Labute approximate surface area is 117 Å². The van der Waals surface area contributed by atoms with Gasteiger partial charge in [0.15, 0.2) is 0 Å². The van der Waals surface area contributed by atoms with E-state index >= 15 is 0 Å². The third-order valence-electron chi connectivity index (χ3n) is 4.55. The van der Waals surface area contributed by atoms with Crippen molar-refractivity contribution in [2.75, 3.05) is 20.3 Å². The molecule has 1 fully saturated rings. The summed E-state index contributed by atoms with van der Waals surface area (Å²) in [6.07, 6.45) is 6.59. The number of benzene rings is 1. The maximum Gasteiger partial charge on any atom is 0.0624 e. The van der Waals surface area contributed by atoms with Gasteiger partial charge in [0, 0.05) is 18.6 Å². The van der Waals surface area contributed by atoms with Gasteiger partial charge in [-0.2, -0.15) is 0 Å². The Hall–Kier alpha value is -0.860. The van der Waals surface area contributed by atoms with Crippen LogP contribution in [0.2, 0.25) is 0 Å². The van der Waals surface area contributed by atoms with Crippen LogP contribution in [0.5, 0.6) is 0 Å². The highest BCUT2D eigenvalue weighted by Gasteiger charge is 2.40. The number of ether oxygens (including phenoxy) is 1. The number of hydrogen-bond acceptors (Lipinski definition) is 2. The Morgan fingerprint density at radius 3 is 2.42 bits per heavy atom. The molecule has 0 amide bonds. The summed E-state index contributed by atoms with van der Waals surface area (Å²) in [6, 6.07) is 11.5. The van der Waals surface area contributed by atoms with Gasteiger partial charge in [-0.1, -0.05) is 56.5 Å². The summed E-state index contributed by atoms with van der Waals surface area (Å²) in [5, 5.41) is 3.67. The highest BCUT2D eigenvalue weighted by Crippen LogP contribution is 2.42. The molecule has 1 aliphatic carbocycles.